The molecule has 1 saturated heterocycles. The Labute approximate surface area is 101 Å². The second kappa shape index (κ2) is 4.79. The van der Waals surface area contributed by atoms with Gasteiger partial charge in [-0.1, -0.05) is 6.92 Å². The first-order valence-corrected chi connectivity index (χ1v) is 5.85. The zero-order valence-corrected chi connectivity index (χ0v) is 10.3. The quantitative estimate of drug-likeness (QED) is 0.799. The second-order valence-corrected chi connectivity index (χ2v) is 4.55. The van der Waals surface area contributed by atoms with Crippen LogP contribution in [-0.4, -0.2) is 36.4 Å². The van der Waals surface area contributed by atoms with E-state index in [1.165, 1.54) is 0 Å². The Hall–Kier alpha value is -1.49. The molecule has 0 aliphatic carbocycles. The maximum Gasteiger partial charge on any atom is 0.238 e. The number of nitrogens with two attached hydrogens (primary N) is 1. The molecule has 2 heterocycles. The number of rotatable bonds is 2. The van der Waals surface area contributed by atoms with Crippen molar-refractivity contribution in [2.75, 3.05) is 30.8 Å². The van der Waals surface area contributed by atoms with Crippen molar-refractivity contribution in [1.29, 1.82) is 0 Å². The third-order valence-corrected chi connectivity index (χ3v) is 3.25. The molecule has 5 nitrogen and oxygen atoms in total. The van der Waals surface area contributed by atoms with E-state index in [0.717, 1.165) is 25.3 Å². The summed E-state index contributed by atoms with van der Waals surface area (Å²) in [4.78, 5) is 6.52. The average molecular weight is 237 g/mol. The molecule has 1 aromatic rings. The molecule has 2 atom stereocenters. The maximum atomic E-state index is 9.70. The standard InChI is InChI=1S/C12H19N3O2/c1-8-7-15(6-5-10(8)16)11-4-3-9(13)12(14-11)17-2/h3-4,8,10,16H,5-7,13H2,1-2H3. The van der Waals surface area contributed by atoms with Gasteiger partial charge in [-0.15, -0.1) is 0 Å². The fourth-order valence-electron chi connectivity index (χ4n) is 2.12. The number of nitrogen functional groups attached to an aromatic ring is 1. The van der Waals surface area contributed by atoms with Gasteiger partial charge in [-0.25, -0.2) is 0 Å². The molecule has 0 aromatic carbocycles. The largest absolute Gasteiger partial charge is 0.479 e. The normalized spacial score (nSPS) is 24.8. The number of aliphatic hydroxyl groups excluding tert-OH is 1. The molecule has 5 heteroatoms. The number of hydrogen-bond acceptors (Lipinski definition) is 5. The summed E-state index contributed by atoms with van der Waals surface area (Å²) in [6.07, 6.45) is 0.567. The van der Waals surface area contributed by atoms with Crippen molar-refractivity contribution in [3.05, 3.63) is 12.1 Å². The number of ether oxygens (including phenoxy) is 1. The molecule has 0 bridgehead atoms. The number of nitrogens with zero attached hydrogens (tertiary/aromatic N) is 2. The van der Waals surface area contributed by atoms with Crippen molar-refractivity contribution < 1.29 is 9.84 Å². The summed E-state index contributed by atoms with van der Waals surface area (Å²) in [6, 6.07) is 3.69. The first kappa shape index (κ1) is 12.0. The van der Waals surface area contributed by atoms with Crippen molar-refractivity contribution in [2.45, 2.75) is 19.4 Å². The summed E-state index contributed by atoms with van der Waals surface area (Å²) in [5.74, 6) is 1.57. The molecule has 1 fully saturated rings. The van der Waals surface area contributed by atoms with Gasteiger partial charge in [-0.2, -0.15) is 4.98 Å². The van der Waals surface area contributed by atoms with Gasteiger partial charge in [0, 0.05) is 13.1 Å². The number of aliphatic hydroxyl groups is 1. The van der Waals surface area contributed by atoms with Crippen molar-refractivity contribution in [2.24, 2.45) is 5.92 Å². The first-order valence-electron chi connectivity index (χ1n) is 5.85. The van der Waals surface area contributed by atoms with Crippen LogP contribution in [0.4, 0.5) is 11.5 Å². The predicted octanol–water partition coefficient (Wildman–Crippen LogP) is 0.879. The topological polar surface area (TPSA) is 71.6 Å². The molecular formula is C12H19N3O2. The Morgan fingerprint density at radius 2 is 2.29 bits per heavy atom. The SMILES string of the molecule is COc1nc(N2CCC(O)C(C)C2)ccc1N. The Bertz CT molecular complexity index is 397. The van der Waals surface area contributed by atoms with Gasteiger partial charge in [0.2, 0.25) is 5.88 Å². The number of pyridine rings is 1. The van der Waals surface area contributed by atoms with Gasteiger partial charge < -0.3 is 20.5 Å². The zero-order valence-electron chi connectivity index (χ0n) is 10.3. The summed E-state index contributed by atoms with van der Waals surface area (Å²) in [5, 5.41) is 9.70. The van der Waals surface area contributed by atoms with E-state index in [1.54, 1.807) is 13.2 Å². The van der Waals surface area contributed by atoms with Gasteiger partial charge in [-0.3, -0.25) is 0 Å². The fourth-order valence-corrected chi connectivity index (χ4v) is 2.12. The van der Waals surface area contributed by atoms with E-state index in [9.17, 15) is 5.11 Å². The van der Waals surface area contributed by atoms with Gasteiger partial charge >= 0.3 is 0 Å². The van der Waals surface area contributed by atoms with Crippen LogP contribution >= 0.6 is 0 Å². The van der Waals surface area contributed by atoms with Crippen LogP contribution in [0.3, 0.4) is 0 Å². The number of hydrogen-bond donors (Lipinski definition) is 2. The lowest BCUT2D eigenvalue weighted by molar-refractivity contribution is 0.0968. The highest BCUT2D eigenvalue weighted by Gasteiger charge is 2.25. The molecule has 2 rings (SSSR count). The van der Waals surface area contributed by atoms with Gasteiger partial charge in [0.05, 0.1) is 18.9 Å². The van der Waals surface area contributed by atoms with Gasteiger partial charge in [-0.05, 0) is 24.5 Å². The van der Waals surface area contributed by atoms with E-state index < -0.39 is 0 Å². The summed E-state index contributed by atoms with van der Waals surface area (Å²) >= 11 is 0. The molecule has 0 saturated carbocycles. The predicted molar refractivity (Wildman–Crippen MR) is 67.2 cm³/mol. The van der Waals surface area contributed by atoms with Crippen LogP contribution < -0.4 is 15.4 Å². The highest BCUT2D eigenvalue weighted by molar-refractivity contribution is 5.54. The van der Waals surface area contributed by atoms with Crippen molar-refractivity contribution >= 4 is 11.5 Å². The average Bonchev–Trinajstić information content (AvgIpc) is 2.33. The second-order valence-electron chi connectivity index (χ2n) is 4.55. The monoisotopic (exact) mass is 237 g/mol. The van der Waals surface area contributed by atoms with E-state index in [-0.39, 0.29) is 12.0 Å². The van der Waals surface area contributed by atoms with Crippen LogP contribution in [-0.2, 0) is 0 Å². The van der Waals surface area contributed by atoms with Crippen molar-refractivity contribution in [3.63, 3.8) is 0 Å². The summed E-state index contributed by atoms with van der Waals surface area (Å²) in [6.45, 7) is 3.66. The van der Waals surface area contributed by atoms with E-state index in [0.29, 0.717) is 11.6 Å². The molecule has 0 spiro atoms. The number of anilines is 2. The van der Waals surface area contributed by atoms with Crippen LogP contribution in [0.5, 0.6) is 5.88 Å². The summed E-state index contributed by atoms with van der Waals surface area (Å²) in [7, 11) is 1.56. The van der Waals surface area contributed by atoms with Crippen molar-refractivity contribution in [3.8, 4) is 5.88 Å². The third-order valence-electron chi connectivity index (χ3n) is 3.25. The van der Waals surface area contributed by atoms with Crippen molar-refractivity contribution in [1.82, 2.24) is 4.98 Å². The Kier molecular flexibility index (Phi) is 3.38. The number of piperidine rings is 1. The minimum Gasteiger partial charge on any atom is -0.479 e. The van der Waals surface area contributed by atoms with E-state index in [4.69, 9.17) is 10.5 Å². The van der Waals surface area contributed by atoms with Gasteiger partial charge in [0.15, 0.2) is 0 Å². The molecule has 1 aliphatic heterocycles. The molecule has 0 amide bonds. The maximum absolute atomic E-state index is 9.70. The van der Waals surface area contributed by atoms with Crippen LogP contribution in [0.2, 0.25) is 0 Å². The minimum atomic E-state index is -0.207. The van der Waals surface area contributed by atoms with E-state index in [2.05, 4.69) is 9.88 Å². The molecule has 3 N–H and O–H groups in total. The molecule has 17 heavy (non-hydrogen) atoms. The summed E-state index contributed by atoms with van der Waals surface area (Å²) in [5.41, 5.74) is 6.28. The number of aromatic nitrogens is 1. The molecule has 0 radical (unpaired) electrons. The molecule has 2 unspecified atom stereocenters. The van der Waals surface area contributed by atoms with Crippen LogP contribution in [0.1, 0.15) is 13.3 Å². The number of methoxy groups -OCH3 is 1. The molecular weight excluding hydrogens is 218 g/mol. The lowest BCUT2D eigenvalue weighted by Crippen LogP contribution is -2.42. The zero-order chi connectivity index (χ0) is 12.4. The smallest absolute Gasteiger partial charge is 0.238 e. The van der Waals surface area contributed by atoms with Crippen LogP contribution in [0.25, 0.3) is 0 Å². The molecule has 1 aromatic heterocycles. The lowest BCUT2D eigenvalue weighted by atomic mass is 9.97. The Morgan fingerprint density at radius 3 is 2.94 bits per heavy atom. The Morgan fingerprint density at radius 1 is 1.53 bits per heavy atom. The molecule has 94 valence electrons. The van der Waals surface area contributed by atoms with E-state index >= 15 is 0 Å². The highest BCUT2D eigenvalue weighted by atomic mass is 16.5. The van der Waals surface area contributed by atoms with Crippen LogP contribution in [0.15, 0.2) is 12.1 Å². The first-order chi connectivity index (χ1) is 8.11. The van der Waals surface area contributed by atoms with E-state index in [1.807, 2.05) is 13.0 Å². The van der Waals surface area contributed by atoms with Crippen LogP contribution in [0, 0.1) is 5.92 Å². The molecule has 1 aliphatic rings. The highest BCUT2D eigenvalue weighted by Crippen LogP contribution is 2.26. The lowest BCUT2D eigenvalue weighted by Gasteiger charge is -2.35. The summed E-state index contributed by atoms with van der Waals surface area (Å²) < 4.78 is 5.11. The van der Waals surface area contributed by atoms with Gasteiger partial charge in [0.25, 0.3) is 0 Å². The Balaban J connectivity index is 2.17. The third kappa shape index (κ3) is 2.44. The minimum absolute atomic E-state index is 0.207. The van der Waals surface area contributed by atoms with Gasteiger partial charge in [0.1, 0.15) is 5.82 Å². The fraction of sp³-hybridized carbons (Fsp3) is 0.583.